The lowest BCUT2D eigenvalue weighted by molar-refractivity contribution is -0.139. The molecule has 0 aromatic heterocycles. The number of carboxylic acid groups (broad SMARTS) is 1. The van der Waals surface area contributed by atoms with Crippen molar-refractivity contribution >= 4 is 33.7 Å². The number of rotatable bonds is 4. The van der Waals surface area contributed by atoms with Gasteiger partial charge in [-0.25, -0.2) is 0 Å². The van der Waals surface area contributed by atoms with E-state index in [0.29, 0.717) is 12.3 Å². The lowest BCUT2D eigenvalue weighted by Gasteiger charge is -2.18. The molecule has 1 aliphatic heterocycles. The van der Waals surface area contributed by atoms with E-state index in [1.54, 1.807) is 0 Å². The van der Waals surface area contributed by atoms with Gasteiger partial charge in [-0.2, -0.15) is 0 Å². The minimum absolute atomic E-state index is 0.316. The van der Waals surface area contributed by atoms with Crippen molar-refractivity contribution in [3.8, 4) is 0 Å². The Hall–Kier alpha value is -1.26. The first kappa shape index (κ1) is 14.7. The topological polar surface area (TPSA) is 37.3 Å². The van der Waals surface area contributed by atoms with Crippen LogP contribution in [-0.2, 0) is 4.79 Å². The Morgan fingerprint density at radius 3 is 2.67 bits per heavy atom. The largest absolute Gasteiger partial charge is 0.481 e. The lowest BCUT2D eigenvalue weighted by Crippen LogP contribution is -2.15. The first-order valence-electron chi connectivity index (χ1n) is 6.85. The van der Waals surface area contributed by atoms with Crippen LogP contribution in [0, 0.1) is 0 Å². The third kappa shape index (κ3) is 3.16. The van der Waals surface area contributed by atoms with Gasteiger partial charge in [0.2, 0.25) is 0 Å². The van der Waals surface area contributed by atoms with Gasteiger partial charge in [-0.1, -0.05) is 46.3 Å². The molecule has 2 nitrogen and oxygen atoms in total. The van der Waals surface area contributed by atoms with Gasteiger partial charge in [0, 0.05) is 15.1 Å². The van der Waals surface area contributed by atoms with Crippen LogP contribution in [0.25, 0.3) is 0 Å². The van der Waals surface area contributed by atoms with Crippen molar-refractivity contribution < 1.29 is 9.90 Å². The van der Waals surface area contributed by atoms with Crippen LogP contribution in [0.3, 0.4) is 0 Å². The molecule has 0 saturated carbocycles. The number of carbonyl (C=O) groups is 1. The maximum absolute atomic E-state index is 11.7. The normalized spacial score (nSPS) is 18.2. The van der Waals surface area contributed by atoms with Crippen LogP contribution in [0.2, 0.25) is 0 Å². The van der Waals surface area contributed by atoms with E-state index in [9.17, 15) is 9.90 Å². The van der Waals surface area contributed by atoms with E-state index in [0.717, 1.165) is 15.8 Å². The number of benzene rings is 2. The Balaban J connectivity index is 1.84. The van der Waals surface area contributed by atoms with Crippen LogP contribution < -0.4 is 0 Å². The summed E-state index contributed by atoms with van der Waals surface area (Å²) in [6, 6.07) is 15.9. The van der Waals surface area contributed by atoms with E-state index in [1.807, 2.05) is 48.2 Å². The second kappa shape index (κ2) is 6.24. The number of aliphatic carboxylic acids is 1. The summed E-state index contributed by atoms with van der Waals surface area (Å²) in [4.78, 5) is 13.0. The molecule has 1 N–H and O–H groups in total. The third-order valence-electron chi connectivity index (χ3n) is 3.89. The quantitative estimate of drug-likeness (QED) is 0.840. The molecule has 3 rings (SSSR count). The van der Waals surface area contributed by atoms with Crippen molar-refractivity contribution in [2.45, 2.75) is 23.2 Å². The summed E-state index contributed by atoms with van der Waals surface area (Å²) in [5.74, 6) is 0.0946. The van der Waals surface area contributed by atoms with E-state index in [-0.39, 0.29) is 0 Å². The molecule has 4 heteroatoms. The fourth-order valence-corrected chi connectivity index (χ4v) is 4.32. The van der Waals surface area contributed by atoms with E-state index in [1.165, 1.54) is 10.5 Å². The average Bonchev–Trinajstić information content (AvgIpc) is 2.89. The summed E-state index contributed by atoms with van der Waals surface area (Å²) in [6.07, 6.45) is 0.654. The molecule has 21 heavy (non-hydrogen) atoms. The van der Waals surface area contributed by atoms with Crippen molar-refractivity contribution in [1.29, 1.82) is 0 Å². The van der Waals surface area contributed by atoms with Gasteiger partial charge < -0.3 is 5.11 Å². The molecule has 1 aliphatic rings. The van der Waals surface area contributed by atoms with Crippen LogP contribution >= 0.6 is 27.7 Å². The third-order valence-corrected chi connectivity index (χ3v) is 5.67. The summed E-state index contributed by atoms with van der Waals surface area (Å²) in [5, 5.41) is 9.59. The summed E-state index contributed by atoms with van der Waals surface area (Å²) in [7, 11) is 0. The first-order valence-corrected chi connectivity index (χ1v) is 8.63. The molecule has 0 amide bonds. The Labute approximate surface area is 136 Å². The molecule has 0 spiro atoms. The molecule has 0 aliphatic carbocycles. The van der Waals surface area contributed by atoms with Crippen LogP contribution in [0.15, 0.2) is 57.9 Å². The van der Waals surface area contributed by atoms with Crippen molar-refractivity contribution in [3.05, 3.63) is 64.1 Å². The zero-order chi connectivity index (χ0) is 14.8. The van der Waals surface area contributed by atoms with Gasteiger partial charge in [-0.15, -0.1) is 11.8 Å². The highest BCUT2D eigenvalue weighted by Crippen LogP contribution is 2.43. The van der Waals surface area contributed by atoms with Gasteiger partial charge in [0.1, 0.15) is 0 Å². The highest BCUT2D eigenvalue weighted by Gasteiger charge is 2.29. The second-order valence-electron chi connectivity index (χ2n) is 5.22. The average molecular weight is 363 g/mol. The molecule has 1 heterocycles. The fourth-order valence-electron chi connectivity index (χ4n) is 2.78. The Kier molecular flexibility index (Phi) is 4.36. The van der Waals surface area contributed by atoms with Gasteiger partial charge in [0.05, 0.1) is 5.92 Å². The minimum atomic E-state index is -0.744. The number of carboxylic acids is 1. The fraction of sp³-hybridized carbons (Fsp3) is 0.235. The molecular weight excluding hydrogens is 348 g/mol. The molecule has 2 unspecified atom stereocenters. The summed E-state index contributed by atoms with van der Waals surface area (Å²) < 4.78 is 0.970. The van der Waals surface area contributed by atoms with Gasteiger partial charge in [0.25, 0.3) is 0 Å². The molecule has 2 aromatic rings. The Morgan fingerprint density at radius 1 is 1.24 bits per heavy atom. The highest BCUT2D eigenvalue weighted by atomic mass is 79.9. The minimum Gasteiger partial charge on any atom is -0.481 e. The lowest BCUT2D eigenvalue weighted by atomic mass is 9.86. The number of thioether (sulfide) groups is 1. The standard InChI is InChI=1S/C17H15BrO2S/c18-13-7-5-11(6-8-13)15(17(19)20)9-12-10-21-16-4-2-1-3-14(12)16/h1-8,12,15H,9-10H2,(H,19,20). The van der Waals surface area contributed by atoms with Gasteiger partial charge in [0.15, 0.2) is 0 Å². The number of hydrogen-bond acceptors (Lipinski definition) is 2. The van der Waals surface area contributed by atoms with Crippen molar-refractivity contribution in [1.82, 2.24) is 0 Å². The Morgan fingerprint density at radius 2 is 1.95 bits per heavy atom. The summed E-state index contributed by atoms with van der Waals surface area (Å²) in [6.45, 7) is 0. The molecular formula is C17H15BrO2S. The smallest absolute Gasteiger partial charge is 0.310 e. The SMILES string of the molecule is O=C(O)C(CC1CSc2ccccc21)c1ccc(Br)cc1. The zero-order valence-electron chi connectivity index (χ0n) is 11.3. The summed E-state index contributed by atoms with van der Waals surface area (Å²) >= 11 is 5.22. The number of fused-ring (bicyclic) bond motifs is 1. The van der Waals surface area contributed by atoms with Gasteiger partial charge >= 0.3 is 5.97 Å². The van der Waals surface area contributed by atoms with Gasteiger partial charge in [-0.3, -0.25) is 4.79 Å². The maximum Gasteiger partial charge on any atom is 0.310 e. The zero-order valence-corrected chi connectivity index (χ0v) is 13.7. The molecule has 0 saturated heterocycles. The van der Waals surface area contributed by atoms with Crippen LogP contribution in [-0.4, -0.2) is 16.8 Å². The monoisotopic (exact) mass is 362 g/mol. The molecule has 2 aromatic carbocycles. The molecule has 108 valence electrons. The van der Waals surface area contributed by atoms with Crippen LogP contribution in [0.1, 0.15) is 29.4 Å². The van der Waals surface area contributed by atoms with Crippen LogP contribution in [0.5, 0.6) is 0 Å². The molecule has 0 fully saturated rings. The molecule has 0 radical (unpaired) electrons. The highest BCUT2D eigenvalue weighted by molar-refractivity contribution is 9.10. The van der Waals surface area contributed by atoms with E-state index in [4.69, 9.17) is 0 Å². The van der Waals surface area contributed by atoms with E-state index in [2.05, 4.69) is 28.1 Å². The maximum atomic E-state index is 11.7. The molecule has 2 atom stereocenters. The van der Waals surface area contributed by atoms with E-state index >= 15 is 0 Å². The summed E-state index contributed by atoms with van der Waals surface area (Å²) in [5.41, 5.74) is 2.17. The van der Waals surface area contributed by atoms with Crippen LogP contribution in [0.4, 0.5) is 0 Å². The first-order chi connectivity index (χ1) is 10.1. The number of hydrogen-bond donors (Lipinski definition) is 1. The number of halogens is 1. The van der Waals surface area contributed by atoms with Crippen molar-refractivity contribution in [3.63, 3.8) is 0 Å². The van der Waals surface area contributed by atoms with Crippen molar-refractivity contribution in [2.75, 3.05) is 5.75 Å². The van der Waals surface area contributed by atoms with E-state index < -0.39 is 11.9 Å². The van der Waals surface area contributed by atoms with Crippen molar-refractivity contribution in [2.24, 2.45) is 0 Å². The predicted molar refractivity (Wildman–Crippen MR) is 89.0 cm³/mol. The Bertz CT molecular complexity index is 654. The second-order valence-corrected chi connectivity index (χ2v) is 7.20. The molecule has 0 bridgehead atoms. The predicted octanol–water partition coefficient (Wildman–Crippen LogP) is 4.90. The van der Waals surface area contributed by atoms with Gasteiger partial charge in [-0.05, 0) is 41.7 Å².